The Labute approximate surface area is 150 Å². The highest BCUT2D eigenvalue weighted by Crippen LogP contribution is 2.17. The summed E-state index contributed by atoms with van der Waals surface area (Å²) >= 11 is 0. The van der Waals surface area contributed by atoms with E-state index in [0.717, 1.165) is 19.4 Å². The largest absolute Gasteiger partial charge is 0.482 e. The molecule has 0 saturated carbocycles. The van der Waals surface area contributed by atoms with Gasteiger partial charge in [-0.15, -0.1) is 0 Å². The highest BCUT2D eigenvalue weighted by molar-refractivity contribution is 5.71. The van der Waals surface area contributed by atoms with Crippen LogP contribution < -0.4 is 10.1 Å². The predicted octanol–water partition coefficient (Wildman–Crippen LogP) is 3.91. The Morgan fingerprint density at radius 3 is 2.48 bits per heavy atom. The number of esters is 1. The molecule has 4 nitrogen and oxygen atoms in total. The van der Waals surface area contributed by atoms with Gasteiger partial charge in [-0.2, -0.15) is 0 Å². The molecule has 2 aromatic rings. The van der Waals surface area contributed by atoms with Crippen LogP contribution in [-0.4, -0.2) is 25.7 Å². The van der Waals surface area contributed by atoms with Crippen molar-refractivity contribution in [2.45, 2.75) is 32.7 Å². The molecule has 0 amide bonds. The van der Waals surface area contributed by atoms with Crippen molar-refractivity contribution in [1.82, 2.24) is 5.32 Å². The van der Waals surface area contributed by atoms with Crippen LogP contribution in [0.2, 0.25) is 0 Å². The van der Waals surface area contributed by atoms with E-state index in [4.69, 9.17) is 9.47 Å². The molecular formula is C21H27NO3. The van der Waals surface area contributed by atoms with Crippen LogP contribution in [0.4, 0.5) is 0 Å². The van der Waals surface area contributed by atoms with Crippen molar-refractivity contribution in [3.05, 3.63) is 65.7 Å². The second kappa shape index (κ2) is 10.5. The van der Waals surface area contributed by atoms with Crippen molar-refractivity contribution in [1.29, 1.82) is 0 Å². The van der Waals surface area contributed by atoms with Gasteiger partial charge in [0.2, 0.25) is 0 Å². The Morgan fingerprint density at radius 1 is 1.08 bits per heavy atom. The first-order valence-electron chi connectivity index (χ1n) is 8.84. The van der Waals surface area contributed by atoms with Crippen molar-refractivity contribution in [2.75, 3.05) is 19.8 Å². The standard InChI is InChI=1S/C21H27NO3/c1-3-24-21(23)16-25-20-13-11-19(12-14-20)17(2)22-15-7-10-18-8-5-4-6-9-18/h4-6,8-9,11-14,17,22H,3,7,10,15-16H2,1-2H3. The van der Waals surface area contributed by atoms with Gasteiger partial charge in [0.25, 0.3) is 0 Å². The summed E-state index contributed by atoms with van der Waals surface area (Å²) < 4.78 is 10.2. The molecule has 1 atom stereocenters. The van der Waals surface area contributed by atoms with E-state index in [1.165, 1.54) is 11.1 Å². The van der Waals surface area contributed by atoms with Crippen LogP contribution in [0.3, 0.4) is 0 Å². The highest BCUT2D eigenvalue weighted by Gasteiger charge is 2.06. The lowest BCUT2D eigenvalue weighted by Crippen LogP contribution is -2.20. The van der Waals surface area contributed by atoms with Gasteiger partial charge >= 0.3 is 5.97 Å². The van der Waals surface area contributed by atoms with Gasteiger partial charge in [-0.1, -0.05) is 42.5 Å². The predicted molar refractivity (Wildman–Crippen MR) is 99.8 cm³/mol. The summed E-state index contributed by atoms with van der Waals surface area (Å²) in [5.41, 5.74) is 2.57. The molecule has 0 radical (unpaired) electrons. The molecular weight excluding hydrogens is 314 g/mol. The molecule has 0 spiro atoms. The zero-order chi connectivity index (χ0) is 17.9. The van der Waals surface area contributed by atoms with E-state index in [1.54, 1.807) is 6.92 Å². The minimum atomic E-state index is -0.347. The highest BCUT2D eigenvalue weighted by atomic mass is 16.6. The molecule has 0 aliphatic carbocycles. The summed E-state index contributed by atoms with van der Waals surface area (Å²) in [4.78, 5) is 11.3. The van der Waals surface area contributed by atoms with Gasteiger partial charge in [0.1, 0.15) is 5.75 Å². The smallest absolute Gasteiger partial charge is 0.344 e. The van der Waals surface area contributed by atoms with Crippen molar-refractivity contribution in [3.8, 4) is 5.75 Å². The minimum Gasteiger partial charge on any atom is -0.482 e. The fourth-order valence-corrected chi connectivity index (χ4v) is 2.57. The number of carbonyl (C=O) groups excluding carboxylic acids is 1. The zero-order valence-corrected chi connectivity index (χ0v) is 15.0. The molecule has 1 unspecified atom stereocenters. The van der Waals surface area contributed by atoms with E-state index in [2.05, 4.69) is 36.5 Å². The molecule has 2 rings (SSSR count). The molecule has 0 fully saturated rings. The SMILES string of the molecule is CCOC(=O)COc1ccc(C(C)NCCCc2ccccc2)cc1. The molecule has 0 heterocycles. The van der Waals surface area contributed by atoms with Crippen LogP contribution in [0, 0.1) is 0 Å². The molecule has 0 aromatic heterocycles. The van der Waals surface area contributed by atoms with Gasteiger partial charge < -0.3 is 14.8 Å². The molecule has 25 heavy (non-hydrogen) atoms. The van der Waals surface area contributed by atoms with E-state index in [-0.39, 0.29) is 18.6 Å². The van der Waals surface area contributed by atoms with Crippen LogP contribution >= 0.6 is 0 Å². The number of benzene rings is 2. The summed E-state index contributed by atoms with van der Waals surface area (Å²) in [5.74, 6) is 0.327. The second-order valence-electron chi connectivity index (χ2n) is 5.93. The number of rotatable bonds is 10. The van der Waals surface area contributed by atoms with Gasteiger partial charge in [0.15, 0.2) is 6.61 Å². The van der Waals surface area contributed by atoms with Gasteiger partial charge in [0.05, 0.1) is 6.61 Å². The lowest BCUT2D eigenvalue weighted by Gasteiger charge is -2.15. The van der Waals surface area contributed by atoms with Crippen molar-refractivity contribution in [3.63, 3.8) is 0 Å². The van der Waals surface area contributed by atoms with E-state index in [1.807, 2.05) is 30.3 Å². The molecule has 2 aromatic carbocycles. The maximum atomic E-state index is 11.3. The van der Waals surface area contributed by atoms with Crippen molar-refractivity contribution < 1.29 is 14.3 Å². The first-order valence-corrected chi connectivity index (χ1v) is 8.84. The summed E-state index contributed by atoms with van der Waals surface area (Å²) in [6.07, 6.45) is 2.19. The first kappa shape index (κ1) is 19.0. The zero-order valence-electron chi connectivity index (χ0n) is 15.0. The Hall–Kier alpha value is -2.33. The Balaban J connectivity index is 1.70. The summed E-state index contributed by atoms with van der Waals surface area (Å²) in [6.45, 7) is 5.21. The van der Waals surface area contributed by atoms with Crippen LogP contribution in [0.5, 0.6) is 5.75 Å². The summed E-state index contributed by atoms with van der Waals surface area (Å²) in [7, 11) is 0. The number of nitrogens with one attached hydrogen (secondary N) is 1. The molecule has 0 saturated heterocycles. The fraction of sp³-hybridized carbons (Fsp3) is 0.381. The van der Waals surface area contributed by atoms with Crippen LogP contribution in [-0.2, 0) is 16.0 Å². The summed E-state index contributed by atoms with van der Waals surface area (Å²) in [5, 5.41) is 3.54. The number of carbonyl (C=O) groups is 1. The third-order valence-electron chi connectivity index (χ3n) is 3.98. The number of ether oxygens (including phenoxy) is 2. The van der Waals surface area contributed by atoms with E-state index >= 15 is 0 Å². The normalized spacial score (nSPS) is 11.8. The van der Waals surface area contributed by atoms with E-state index < -0.39 is 0 Å². The van der Waals surface area contributed by atoms with Gasteiger partial charge in [-0.25, -0.2) is 4.79 Å². The monoisotopic (exact) mass is 341 g/mol. The van der Waals surface area contributed by atoms with Crippen molar-refractivity contribution in [2.24, 2.45) is 0 Å². The van der Waals surface area contributed by atoms with Crippen LogP contribution in [0.1, 0.15) is 37.4 Å². The lowest BCUT2D eigenvalue weighted by molar-refractivity contribution is -0.145. The fourth-order valence-electron chi connectivity index (χ4n) is 2.57. The molecule has 0 aliphatic rings. The van der Waals surface area contributed by atoms with Crippen LogP contribution in [0.25, 0.3) is 0 Å². The quantitative estimate of drug-likeness (QED) is 0.526. The maximum absolute atomic E-state index is 11.3. The maximum Gasteiger partial charge on any atom is 0.344 e. The molecule has 0 bridgehead atoms. The average molecular weight is 341 g/mol. The average Bonchev–Trinajstić information content (AvgIpc) is 2.65. The van der Waals surface area contributed by atoms with E-state index in [9.17, 15) is 4.79 Å². The van der Waals surface area contributed by atoms with E-state index in [0.29, 0.717) is 12.4 Å². The van der Waals surface area contributed by atoms with Gasteiger partial charge in [-0.05, 0) is 56.5 Å². The Morgan fingerprint density at radius 2 is 1.80 bits per heavy atom. The number of hydrogen-bond acceptors (Lipinski definition) is 4. The second-order valence-corrected chi connectivity index (χ2v) is 5.93. The van der Waals surface area contributed by atoms with Gasteiger partial charge in [0, 0.05) is 6.04 Å². The molecule has 134 valence electrons. The topological polar surface area (TPSA) is 47.6 Å². The van der Waals surface area contributed by atoms with Gasteiger partial charge in [-0.3, -0.25) is 0 Å². The first-order chi connectivity index (χ1) is 12.2. The third kappa shape index (κ3) is 6.98. The Bertz CT molecular complexity index is 625. The Kier molecular flexibility index (Phi) is 7.99. The van der Waals surface area contributed by atoms with Crippen LogP contribution in [0.15, 0.2) is 54.6 Å². The summed E-state index contributed by atoms with van der Waals surface area (Å²) in [6, 6.07) is 18.6. The lowest BCUT2D eigenvalue weighted by atomic mass is 10.1. The number of aryl methyl sites for hydroxylation is 1. The molecule has 1 N–H and O–H groups in total. The third-order valence-corrected chi connectivity index (χ3v) is 3.98. The minimum absolute atomic E-state index is 0.0551. The van der Waals surface area contributed by atoms with Crippen molar-refractivity contribution >= 4 is 5.97 Å². The molecule has 0 aliphatic heterocycles. The molecule has 4 heteroatoms. The number of hydrogen-bond donors (Lipinski definition) is 1.